The standard InChI is InChI=1S/C18H19NO2.C12H14O3/c1-3-9-15-10-7-8-13-17(15)21-14(2)18(20)19-16-11-5-4-6-12-16;1-3-6-10-7-4-5-8-11(10)15-9(2)12(13)14/h3-14H,1-2H3,(H,19,20);3-9H,1-2H3,(H,13,14). The maximum atomic E-state index is 12.1. The van der Waals surface area contributed by atoms with Gasteiger partial charge in [-0.3, -0.25) is 4.79 Å². The second kappa shape index (κ2) is 14.8. The first-order chi connectivity index (χ1) is 17.3. The SMILES string of the molecule is CC=Cc1ccccc1OC(C)C(=O)Nc1ccccc1.CC=Cc1ccccc1OC(C)C(=O)O. The predicted molar refractivity (Wildman–Crippen MR) is 145 cm³/mol. The number of carbonyl (C=O) groups is 2. The van der Waals surface area contributed by atoms with Gasteiger partial charge >= 0.3 is 5.97 Å². The average Bonchev–Trinajstić information content (AvgIpc) is 2.87. The molecule has 0 fully saturated rings. The van der Waals surface area contributed by atoms with Crippen LogP contribution in [0.2, 0.25) is 0 Å². The number of nitrogens with one attached hydrogen (secondary N) is 1. The van der Waals surface area contributed by atoms with Gasteiger partial charge in [0.2, 0.25) is 0 Å². The fourth-order valence-corrected chi connectivity index (χ4v) is 3.06. The van der Waals surface area contributed by atoms with E-state index in [1.165, 1.54) is 6.92 Å². The van der Waals surface area contributed by atoms with Gasteiger partial charge in [-0.15, -0.1) is 0 Å². The fraction of sp³-hybridized carbons (Fsp3) is 0.200. The van der Waals surface area contributed by atoms with E-state index in [4.69, 9.17) is 14.6 Å². The van der Waals surface area contributed by atoms with Crippen molar-refractivity contribution in [3.05, 3.63) is 102 Å². The molecule has 2 unspecified atom stereocenters. The molecular weight excluding hydrogens is 454 g/mol. The van der Waals surface area contributed by atoms with Gasteiger partial charge in [0.25, 0.3) is 5.91 Å². The summed E-state index contributed by atoms with van der Waals surface area (Å²) in [5, 5.41) is 11.6. The summed E-state index contributed by atoms with van der Waals surface area (Å²) in [6.45, 7) is 7.10. The van der Waals surface area contributed by atoms with E-state index in [-0.39, 0.29) is 5.91 Å². The van der Waals surface area contributed by atoms with Crippen molar-refractivity contribution in [2.75, 3.05) is 5.32 Å². The summed E-state index contributed by atoms with van der Waals surface area (Å²) in [6.07, 6.45) is 6.25. The lowest BCUT2D eigenvalue weighted by molar-refractivity contribution is -0.144. The number of aliphatic carboxylic acids is 1. The number of benzene rings is 3. The summed E-state index contributed by atoms with van der Waals surface area (Å²) in [5.41, 5.74) is 2.60. The number of rotatable bonds is 9. The van der Waals surface area contributed by atoms with Crippen LogP contribution in [0.4, 0.5) is 5.69 Å². The quantitative estimate of drug-likeness (QED) is 0.351. The minimum atomic E-state index is -0.967. The lowest BCUT2D eigenvalue weighted by atomic mass is 10.2. The molecule has 6 heteroatoms. The van der Waals surface area contributed by atoms with Crippen LogP contribution in [0.5, 0.6) is 11.5 Å². The first-order valence-corrected chi connectivity index (χ1v) is 11.7. The molecular formula is C30H33NO5. The molecule has 0 bridgehead atoms. The van der Waals surface area contributed by atoms with Crippen LogP contribution in [-0.4, -0.2) is 29.2 Å². The van der Waals surface area contributed by atoms with Crippen LogP contribution in [0, 0.1) is 0 Å². The van der Waals surface area contributed by atoms with Crippen LogP contribution < -0.4 is 14.8 Å². The van der Waals surface area contributed by atoms with E-state index in [1.54, 1.807) is 13.0 Å². The van der Waals surface area contributed by atoms with E-state index >= 15 is 0 Å². The Balaban J connectivity index is 0.000000269. The molecule has 0 saturated heterocycles. The zero-order valence-corrected chi connectivity index (χ0v) is 21.0. The smallest absolute Gasteiger partial charge is 0.344 e. The molecule has 2 N–H and O–H groups in total. The molecule has 0 aliphatic rings. The van der Waals surface area contributed by atoms with Gasteiger partial charge in [0.05, 0.1) is 0 Å². The Morgan fingerprint density at radius 1 is 0.722 bits per heavy atom. The number of allylic oxidation sites excluding steroid dienone is 2. The molecule has 6 nitrogen and oxygen atoms in total. The normalized spacial score (nSPS) is 12.3. The monoisotopic (exact) mass is 487 g/mol. The Hall–Kier alpha value is -4.32. The van der Waals surface area contributed by atoms with Gasteiger partial charge < -0.3 is 19.9 Å². The predicted octanol–water partition coefficient (Wildman–Crippen LogP) is 6.70. The fourth-order valence-electron chi connectivity index (χ4n) is 3.06. The largest absolute Gasteiger partial charge is 0.480 e. The number of carboxylic acids is 1. The second-order valence-electron chi connectivity index (χ2n) is 7.79. The van der Waals surface area contributed by atoms with E-state index in [0.29, 0.717) is 11.5 Å². The Morgan fingerprint density at radius 3 is 1.64 bits per heavy atom. The number of carbonyl (C=O) groups excluding carboxylic acids is 1. The van der Waals surface area contributed by atoms with Crippen molar-refractivity contribution in [1.29, 1.82) is 0 Å². The summed E-state index contributed by atoms with van der Waals surface area (Å²) in [7, 11) is 0. The molecule has 2 atom stereocenters. The topological polar surface area (TPSA) is 84.9 Å². The lowest BCUT2D eigenvalue weighted by Crippen LogP contribution is -2.30. The van der Waals surface area contributed by atoms with Crippen molar-refractivity contribution < 1.29 is 24.2 Å². The molecule has 0 heterocycles. The first kappa shape index (κ1) is 27.9. The molecule has 1 amide bonds. The van der Waals surface area contributed by atoms with Crippen LogP contribution in [0.3, 0.4) is 0 Å². The van der Waals surface area contributed by atoms with Crippen molar-refractivity contribution in [2.45, 2.75) is 39.9 Å². The maximum absolute atomic E-state index is 12.1. The van der Waals surface area contributed by atoms with Crippen LogP contribution in [0.15, 0.2) is 91.0 Å². The number of amides is 1. The van der Waals surface area contributed by atoms with E-state index < -0.39 is 18.2 Å². The van der Waals surface area contributed by atoms with E-state index in [0.717, 1.165) is 16.8 Å². The molecule has 188 valence electrons. The van der Waals surface area contributed by atoms with E-state index in [2.05, 4.69) is 5.32 Å². The summed E-state index contributed by atoms with van der Waals surface area (Å²) in [4.78, 5) is 22.8. The minimum Gasteiger partial charge on any atom is -0.480 e. The van der Waals surface area contributed by atoms with Gasteiger partial charge in [0.15, 0.2) is 12.2 Å². The third kappa shape index (κ3) is 9.14. The molecule has 3 aromatic rings. The first-order valence-electron chi connectivity index (χ1n) is 11.7. The molecule has 0 radical (unpaired) electrons. The minimum absolute atomic E-state index is 0.170. The highest BCUT2D eigenvalue weighted by atomic mass is 16.5. The number of hydrogen-bond donors (Lipinski definition) is 2. The van der Waals surface area contributed by atoms with Gasteiger partial charge in [-0.05, 0) is 52.0 Å². The third-order valence-electron chi connectivity index (χ3n) is 4.90. The van der Waals surface area contributed by atoms with Crippen molar-refractivity contribution in [2.24, 2.45) is 0 Å². The van der Waals surface area contributed by atoms with Crippen LogP contribution in [0.25, 0.3) is 12.2 Å². The number of hydrogen-bond acceptors (Lipinski definition) is 4. The number of carboxylic acid groups (broad SMARTS) is 1. The molecule has 3 aromatic carbocycles. The van der Waals surface area contributed by atoms with Gasteiger partial charge in [-0.1, -0.05) is 78.9 Å². The van der Waals surface area contributed by atoms with Gasteiger partial charge in [-0.25, -0.2) is 4.79 Å². The van der Waals surface area contributed by atoms with E-state index in [1.807, 2.05) is 111 Å². The maximum Gasteiger partial charge on any atom is 0.344 e. The van der Waals surface area contributed by atoms with Gasteiger partial charge in [-0.2, -0.15) is 0 Å². The van der Waals surface area contributed by atoms with Crippen LogP contribution in [-0.2, 0) is 9.59 Å². The van der Waals surface area contributed by atoms with Crippen LogP contribution in [0.1, 0.15) is 38.8 Å². The summed E-state index contributed by atoms with van der Waals surface area (Å²) < 4.78 is 11.1. The Labute approximate surface area is 212 Å². The molecule has 0 aliphatic carbocycles. The van der Waals surface area contributed by atoms with Gasteiger partial charge in [0.1, 0.15) is 11.5 Å². The third-order valence-corrected chi connectivity index (χ3v) is 4.90. The zero-order chi connectivity index (χ0) is 26.3. The van der Waals surface area contributed by atoms with Crippen molar-refractivity contribution in [3.8, 4) is 11.5 Å². The number of para-hydroxylation sites is 3. The van der Waals surface area contributed by atoms with Crippen molar-refractivity contribution in [1.82, 2.24) is 0 Å². The zero-order valence-electron chi connectivity index (χ0n) is 21.0. The highest BCUT2D eigenvalue weighted by Crippen LogP contribution is 2.22. The molecule has 36 heavy (non-hydrogen) atoms. The number of ether oxygens (including phenoxy) is 2. The molecule has 0 aliphatic heterocycles. The second-order valence-corrected chi connectivity index (χ2v) is 7.79. The molecule has 0 aromatic heterocycles. The Morgan fingerprint density at radius 2 is 1.17 bits per heavy atom. The highest BCUT2D eigenvalue weighted by Gasteiger charge is 2.16. The molecule has 0 spiro atoms. The average molecular weight is 488 g/mol. The lowest BCUT2D eigenvalue weighted by Gasteiger charge is -2.16. The van der Waals surface area contributed by atoms with Crippen LogP contribution >= 0.6 is 0 Å². The summed E-state index contributed by atoms with van der Waals surface area (Å²) in [6, 6.07) is 24.3. The highest BCUT2D eigenvalue weighted by molar-refractivity contribution is 5.94. The Kier molecular flexibility index (Phi) is 11.5. The summed E-state index contributed by atoms with van der Waals surface area (Å²) in [5.74, 6) is 0.151. The molecule has 3 rings (SSSR count). The Bertz CT molecular complexity index is 1170. The van der Waals surface area contributed by atoms with Gasteiger partial charge in [0, 0.05) is 16.8 Å². The molecule has 0 saturated carbocycles. The van der Waals surface area contributed by atoms with Crippen molar-refractivity contribution >= 4 is 29.7 Å². The number of anilines is 1. The summed E-state index contributed by atoms with van der Waals surface area (Å²) >= 11 is 0. The van der Waals surface area contributed by atoms with Crippen molar-refractivity contribution in [3.63, 3.8) is 0 Å². The van der Waals surface area contributed by atoms with E-state index in [9.17, 15) is 9.59 Å².